The quantitative estimate of drug-likeness (QED) is 0.454. The molecule has 1 heterocycles. The molecule has 1 atom stereocenters. The molecular formula is C30H33NO4. The summed E-state index contributed by atoms with van der Waals surface area (Å²) in [6, 6.07) is 24.1. The molecule has 4 rings (SSSR count). The summed E-state index contributed by atoms with van der Waals surface area (Å²) in [5.41, 5.74) is 5.09. The van der Waals surface area contributed by atoms with Gasteiger partial charge in [-0.3, -0.25) is 9.59 Å². The molecule has 0 fully saturated rings. The number of aliphatic carboxylic acids is 1. The van der Waals surface area contributed by atoms with Crippen LogP contribution in [0.15, 0.2) is 72.8 Å². The predicted molar refractivity (Wildman–Crippen MR) is 137 cm³/mol. The van der Waals surface area contributed by atoms with E-state index < -0.39 is 5.97 Å². The Kier molecular flexibility index (Phi) is 7.25. The SMILES string of the molecule is CC(C)c1ccc(C[C@]2(C)Cc3cc(CC(=O)N(CC(=O)O)Cc4ccccc4)ccc3O2)cc1. The van der Waals surface area contributed by atoms with Gasteiger partial charge in [0, 0.05) is 19.4 Å². The second-order valence-electron chi connectivity index (χ2n) is 10.0. The number of nitrogens with zero attached hydrogens (tertiary/aromatic N) is 1. The van der Waals surface area contributed by atoms with E-state index in [4.69, 9.17) is 4.74 Å². The number of rotatable bonds is 9. The Hall–Kier alpha value is -3.60. The second-order valence-corrected chi connectivity index (χ2v) is 10.0. The fourth-order valence-corrected chi connectivity index (χ4v) is 4.72. The third kappa shape index (κ3) is 6.30. The van der Waals surface area contributed by atoms with Crippen LogP contribution in [0.3, 0.4) is 0 Å². The monoisotopic (exact) mass is 471 g/mol. The molecule has 0 saturated carbocycles. The molecule has 0 unspecified atom stereocenters. The maximum Gasteiger partial charge on any atom is 0.323 e. The summed E-state index contributed by atoms with van der Waals surface area (Å²) in [5.74, 6) is 0.137. The molecule has 3 aromatic rings. The lowest BCUT2D eigenvalue weighted by molar-refractivity contribution is -0.144. The van der Waals surface area contributed by atoms with Crippen LogP contribution in [0.5, 0.6) is 5.75 Å². The standard InChI is InChI=1S/C30H33NO4/c1-21(2)25-12-9-22(10-13-25)17-30(3)18-26-15-24(11-14-27(26)35-30)16-28(32)31(20-29(33)34)19-23-7-5-4-6-8-23/h4-15,21H,16-20H2,1-3H3,(H,33,34)/t30-/m1/s1. The maximum absolute atomic E-state index is 13.0. The van der Waals surface area contributed by atoms with E-state index >= 15 is 0 Å². The number of hydrogen-bond acceptors (Lipinski definition) is 3. The molecule has 1 aliphatic rings. The summed E-state index contributed by atoms with van der Waals surface area (Å²) in [7, 11) is 0. The first kappa shape index (κ1) is 24.5. The van der Waals surface area contributed by atoms with E-state index in [1.165, 1.54) is 16.0 Å². The molecule has 0 aliphatic carbocycles. The summed E-state index contributed by atoms with van der Waals surface area (Å²) >= 11 is 0. The molecule has 3 aromatic carbocycles. The predicted octanol–water partition coefficient (Wildman–Crippen LogP) is 5.40. The highest BCUT2D eigenvalue weighted by Gasteiger charge is 2.35. The second kappa shape index (κ2) is 10.3. The summed E-state index contributed by atoms with van der Waals surface area (Å²) in [5, 5.41) is 9.31. The summed E-state index contributed by atoms with van der Waals surface area (Å²) < 4.78 is 6.34. The van der Waals surface area contributed by atoms with Crippen molar-refractivity contribution in [2.75, 3.05) is 6.54 Å². The van der Waals surface area contributed by atoms with Gasteiger partial charge < -0.3 is 14.7 Å². The smallest absolute Gasteiger partial charge is 0.323 e. The van der Waals surface area contributed by atoms with Crippen molar-refractivity contribution in [1.82, 2.24) is 4.90 Å². The van der Waals surface area contributed by atoms with E-state index in [0.29, 0.717) is 5.92 Å². The van der Waals surface area contributed by atoms with Gasteiger partial charge in [-0.25, -0.2) is 0 Å². The van der Waals surface area contributed by atoms with Crippen molar-refractivity contribution in [2.24, 2.45) is 0 Å². The van der Waals surface area contributed by atoms with E-state index in [2.05, 4.69) is 45.0 Å². The first-order valence-corrected chi connectivity index (χ1v) is 12.1. The lowest BCUT2D eigenvalue weighted by Crippen LogP contribution is -2.36. The Bertz CT molecular complexity index is 1190. The Balaban J connectivity index is 1.43. The van der Waals surface area contributed by atoms with Gasteiger partial charge in [-0.1, -0.05) is 80.6 Å². The highest BCUT2D eigenvalue weighted by molar-refractivity contribution is 5.83. The summed E-state index contributed by atoms with van der Waals surface area (Å²) in [4.78, 5) is 25.8. The Morgan fingerprint density at radius 3 is 2.31 bits per heavy atom. The van der Waals surface area contributed by atoms with Gasteiger partial charge in [0.05, 0.1) is 6.42 Å². The van der Waals surface area contributed by atoms with Gasteiger partial charge in [-0.05, 0) is 46.7 Å². The average molecular weight is 472 g/mol. The molecule has 0 spiro atoms. The van der Waals surface area contributed by atoms with Crippen molar-refractivity contribution in [3.63, 3.8) is 0 Å². The molecule has 5 heteroatoms. The Morgan fingerprint density at radius 1 is 0.971 bits per heavy atom. The minimum absolute atomic E-state index is 0.154. The van der Waals surface area contributed by atoms with E-state index in [-0.39, 0.29) is 31.0 Å². The van der Waals surface area contributed by atoms with Gasteiger partial charge in [0.2, 0.25) is 5.91 Å². The minimum atomic E-state index is -1.02. The van der Waals surface area contributed by atoms with Crippen molar-refractivity contribution < 1.29 is 19.4 Å². The maximum atomic E-state index is 13.0. The van der Waals surface area contributed by atoms with Crippen LogP contribution in [-0.4, -0.2) is 34.0 Å². The zero-order valence-electron chi connectivity index (χ0n) is 20.7. The molecule has 0 bridgehead atoms. The molecule has 1 aliphatic heterocycles. The zero-order chi connectivity index (χ0) is 25.0. The van der Waals surface area contributed by atoms with E-state index in [1.54, 1.807) is 0 Å². The molecule has 0 saturated heterocycles. The van der Waals surface area contributed by atoms with Gasteiger partial charge in [0.15, 0.2) is 0 Å². The Morgan fingerprint density at radius 2 is 1.66 bits per heavy atom. The fraction of sp³-hybridized carbons (Fsp3) is 0.333. The molecule has 35 heavy (non-hydrogen) atoms. The summed E-state index contributed by atoms with van der Waals surface area (Å²) in [6.07, 6.45) is 1.72. The molecular weight excluding hydrogens is 438 g/mol. The fourth-order valence-electron chi connectivity index (χ4n) is 4.72. The van der Waals surface area contributed by atoms with E-state index in [9.17, 15) is 14.7 Å². The van der Waals surface area contributed by atoms with Crippen LogP contribution in [-0.2, 0) is 35.4 Å². The van der Waals surface area contributed by atoms with Crippen molar-refractivity contribution in [3.8, 4) is 5.75 Å². The van der Waals surface area contributed by atoms with Crippen LogP contribution in [0, 0.1) is 0 Å². The third-order valence-electron chi connectivity index (χ3n) is 6.52. The topological polar surface area (TPSA) is 66.8 Å². The summed E-state index contributed by atoms with van der Waals surface area (Å²) in [6.45, 7) is 6.46. The van der Waals surface area contributed by atoms with Crippen LogP contribution < -0.4 is 4.74 Å². The zero-order valence-corrected chi connectivity index (χ0v) is 20.7. The molecule has 5 nitrogen and oxygen atoms in total. The van der Waals surface area contributed by atoms with Crippen LogP contribution in [0.4, 0.5) is 0 Å². The number of fused-ring (bicyclic) bond motifs is 1. The first-order chi connectivity index (χ1) is 16.7. The lowest BCUT2D eigenvalue weighted by Gasteiger charge is -2.24. The lowest BCUT2D eigenvalue weighted by atomic mass is 9.90. The molecule has 0 radical (unpaired) electrons. The molecule has 182 valence electrons. The van der Waals surface area contributed by atoms with Crippen LogP contribution in [0.2, 0.25) is 0 Å². The molecule has 1 N–H and O–H groups in total. The van der Waals surface area contributed by atoms with Crippen LogP contribution in [0.1, 0.15) is 54.5 Å². The van der Waals surface area contributed by atoms with Crippen LogP contribution in [0.25, 0.3) is 0 Å². The normalized spacial score (nSPS) is 16.6. The largest absolute Gasteiger partial charge is 0.487 e. The van der Waals surface area contributed by atoms with Gasteiger partial charge in [-0.2, -0.15) is 0 Å². The first-order valence-electron chi connectivity index (χ1n) is 12.1. The van der Waals surface area contributed by atoms with Gasteiger partial charge in [0.1, 0.15) is 17.9 Å². The van der Waals surface area contributed by atoms with Gasteiger partial charge >= 0.3 is 5.97 Å². The van der Waals surface area contributed by atoms with Crippen molar-refractivity contribution in [2.45, 2.75) is 58.1 Å². The van der Waals surface area contributed by atoms with Crippen LogP contribution >= 0.6 is 0 Å². The molecule has 1 amide bonds. The van der Waals surface area contributed by atoms with E-state index in [1.807, 2.05) is 48.5 Å². The average Bonchev–Trinajstić information content (AvgIpc) is 3.14. The number of carboxylic acid groups (broad SMARTS) is 1. The Labute approximate surface area is 207 Å². The van der Waals surface area contributed by atoms with E-state index in [0.717, 1.165) is 35.3 Å². The van der Waals surface area contributed by atoms with Crippen molar-refractivity contribution in [3.05, 3.63) is 101 Å². The minimum Gasteiger partial charge on any atom is -0.487 e. The number of carbonyl (C=O) groups is 2. The number of carbonyl (C=O) groups excluding carboxylic acids is 1. The number of amides is 1. The molecule has 0 aromatic heterocycles. The number of carboxylic acids is 1. The number of benzene rings is 3. The van der Waals surface area contributed by atoms with Crippen molar-refractivity contribution >= 4 is 11.9 Å². The highest BCUT2D eigenvalue weighted by atomic mass is 16.5. The highest BCUT2D eigenvalue weighted by Crippen LogP contribution is 2.37. The third-order valence-corrected chi connectivity index (χ3v) is 6.52. The number of ether oxygens (including phenoxy) is 1. The number of hydrogen-bond donors (Lipinski definition) is 1. The van der Waals surface area contributed by atoms with Gasteiger partial charge in [0.25, 0.3) is 0 Å². The van der Waals surface area contributed by atoms with Gasteiger partial charge in [-0.15, -0.1) is 0 Å². The van der Waals surface area contributed by atoms with Crippen molar-refractivity contribution in [1.29, 1.82) is 0 Å².